The Labute approximate surface area is 104 Å². The third-order valence-electron chi connectivity index (χ3n) is 3.18. The predicted octanol–water partition coefficient (Wildman–Crippen LogP) is 4.71. The van der Waals surface area contributed by atoms with Gasteiger partial charge < -0.3 is 0 Å². The van der Waals surface area contributed by atoms with Crippen LogP contribution in [0.25, 0.3) is 0 Å². The van der Waals surface area contributed by atoms with Crippen LogP contribution in [0.4, 0.5) is 0 Å². The summed E-state index contributed by atoms with van der Waals surface area (Å²) in [5.74, 6) is 0.614. The Morgan fingerprint density at radius 3 is 1.71 bits per heavy atom. The maximum absolute atomic E-state index is 2.25. The molecule has 0 bridgehead atoms. The van der Waals surface area contributed by atoms with Crippen molar-refractivity contribution in [2.24, 2.45) is 0 Å². The van der Waals surface area contributed by atoms with Crippen molar-refractivity contribution in [2.45, 2.75) is 33.1 Å². The molecule has 17 heavy (non-hydrogen) atoms. The van der Waals surface area contributed by atoms with Crippen molar-refractivity contribution in [1.82, 2.24) is 0 Å². The lowest BCUT2D eigenvalue weighted by Crippen LogP contribution is -1.91. The second-order valence-electron chi connectivity index (χ2n) is 5.06. The minimum Gasteiger partial charge on any atom is -0.0590 e. The standard InChI is InChI=1S/C17H20/c1-13(2)17-10-8-16(9-11-17)12-15-6-4-14(3)5-7-15/h4-11,13H,12H2,1-3H3. The highest BCUT2D eigenvalue weighted by Crippen LogP contribution is 2.16. The molecule has 2 rings (SSSR count). The van der Waals surface area contributed by atoms with Gasteiger partial charge in [0.25, 0.3) is 0 Å². The normalized spacial score (nSPS) is 10.8. The van der Waals surface area contributed by atoms with Gasteiger partial charge in [0, 0.05) is 0 Å². The maximum Gasteiger partial charge on any atom is -0.00258 e. The predicted molar refractivity (Wildman–Crippen MR) is 74.5 cm³/mol. The molecule has 0 N–H and O–H groups in total. The van der Waals surface area contributed by atoms with Gasteiger partial charge in [0.1, 0.15) is 0 Å². The first-order valence-electron chi connectivity index (χ1n) is 6.29. The van der Waals surface area contributed by atoms with Gasteiger partial charge in [-0.05, 0) is 36.0 Å². The molecule has 0 fully saturated rings. The molecule has 0 spiro atoms. The highest BCUT2D eigenvalue weighted by molar-refractivity contribution is 5.31. The average Bonchev–Trinajstić information content (AvgIpc) is 2.33. The number of hydrogen-bond acceptors (Lipinski definition) is 0. The lowest BCUT2D eigenvalue weighted by Gasteiger charge is -2.07. The van der Waals surface area contributed by atoms with Crippen molar-refractivity contribution < 1.29 is 0 Å². The lowest BCUT2D eigenvalue weighted by atomic mass is 9.98. The first kappa shape index (κ1) is 11.9. The summed E-state index contributed by atoms with van der Waals surface area (Å²) < 4.78 is 0. The summed E-state index contributed by atoms with van der Waals surface area (Å²) in [6.07, 6.45) is 1.03. The molecule has 2 aromatic rings. The molecule has 88 valence electrons. The van der Waals surface area contributed by atoms with Crippen molar-refractivity contribution in [3.8, 4) is 0 Å². The third-order valence-corrected chi connectivity index (χ3v) is 3.18. The Morgan fingerprint density at radius 1 is 0.765 bits per heavy atom. The summed E-state index contributed by atoms with van der Waals surface area (Å²) in [6.45, 7) is 6.59. The van der Waals surface area contributed by atoms with Crippen molar-refractivity contribution in [2.75, 3.05) is 0 Å². The Morgan fingerprint density at radius 2 is 1.24 bits per heavy atom. The third kappa shape index (κ3) is 3.20. The molecular weight excluding hydrogens is 204 g/mol. The van der Waals surface area contributed by atoms with E-state index in [0.29, 0.717) is 5.92 Å². The summed E-state index contributed by atoms with van der Waals surface area (Å²) in [5.41, 5.74) is 5.51. The molecule has 0 aromatic heterocycles. The molecule has 0 amide bonds. The van der Waals surface area contributed by atoms with Crippen LogP contribution in [0.1, 0.15) is 42.0 Å². The zero-order chi connectivity index (χ0) is 12.3. The van der Waals surface area contributed by atoms with E-state index in [4.69, 9.17) is 0 Å². The molecule has 0 aliphatic rings. The highest BCUT2D eigenvalue weighted by atomic mass is 14.0. The monoisotopic (exact) mass is 224 g/mol. The molecule has 0 aliphatic carbocycles. The largest absolute Gasteiger partial charge is 0.0590 e. The number of rotatable bonds is 3. The molecule has 0 unspecified atom stereocenters. The van der Waals surface area contributed by atoms with Gasteiger partial charge in [0.05, 0.1) is 0 Å². The van der Waals surface area contributed by atoms with Crippen LogP contribution in [0.3, 0.4) is 0 Å². The zero-order valence-corrected chi connectivity index (χ0v) is 10.9. The molecule has 0 radical (unpaired) electrons. The van der Waals surface area contributed by atoms with Crippen molar-refractivity contribution in [3.63, 3.8) is 0 Å². The topological polar surface area (TPSA) is 0 Å². The quantitative estimate of drug-likeness (QED) is 0.708. The molecule has 0 saturated carbocycles. The smallest absolute Gasteiger partial charge is 0.00258 e. The minimum atomic E-state index is 0.614. The van der Waals surface area contributed by atoms with Crippen molar-refractivity contribution >= 4 is 0 Å². The van der Waals surface area contributed by atoms with Gasteiger partial charge in [-0.1, -0.05) is 67.9 Å². The van der Waals surface area contributed by atoms with Gasteiger partial charge in [-0.25, -0.2) is 0 Å². The van der Waals surface area contributed by atoms with Gasteiger partial charge in [0.2, 0.25) is 0 Å². The van der Waals surface area contributed by atoms with E-state index >= 15 is 0 Å². The van der Waals surface area contributed by atoms with Crippen LogP contribution >= 0.6 is 0 Å². The molecule has 0 saturated heterocycles. The van der Waals surface area contributed by atoms with E-state index in [1.807, 2.05) is 0 Å². The minimum absolute atomic E-state index is 0.614. The van der Waals surface area contributed by atoms with Gasteiger partial charge >= 0.3 is 0 Å². The van der Waals surface area contributed by atoms with Crippen LogP contribution in [0.5, 0.6) is 0 Å². The number of benzene rings is 2. The fourth-order valence-corrected chi connectivity index (χ4v) is 1.96. The summed E-state index contributed by atoms with van der Waals surface area (Å²) in [7, 11) is 0. The van der Waals surface area contributed by atoms with E-state index in [1.165, 1.54) is 22.3 Å². The van der Waals surface area contributed by atoms with E-state index in [9.17, 15) is 0 Å². The summed E-state index contributed by atoms with van der Waals surface area (Å²) >= 11 is 0. The molecule has 0 heterocycles. The molecule has 0 nitrogen and oxygen atoms in total. The van der Waals surface area contributed by atoms with Gasteiger partial charge in [-0.2, -0.15) is 0 Å². The molecule has 0 aliphatic heterocycles. The van der Waals surface area contributed by atoms with Crippen LogP contribution in [-0.4, -0.2) is 0 Å². The van der Waals surface area contributed by atoms with Gasteiger partial charge in [-0.15, -0.1) is 0 Å². The van der Waals surface area contributed by atoms with Crippen LogP contribution in [0, 0.1) is 6.92 Å². The first-order chi connectivity index (χ1) is 8.15. The highest BCUT2D eigenvalue weighted by Gasteiger charge is 2.00. The lowest BCUT2D eigenvalue weighted by molar-refractivity contribution is 0.865. The van der Waals surface area contributed by atoms with Gasteiger partial charge in [0.15, 0.2) is 0 Å². The molecular formula is C17H20. The van der Waals surface area contributed by atoms with E-state index < -0.39 is 0 Å². The van der Waals surface area contributed by atoms with E-state index in [0.717, 1.165) is 6.42 Å². The number of aryl methyl sites for hydroxylation is 1. The zero-order valence-electron chi connectivity index (χ0n) is 10.9. The Kier molecular flexibility index (Phi) is 3.63. The van der Waals surface area contributed by atoms with E-state index in [2.05, 4.69) is 69.3 Å². The van der Waals surface area contributed by atoms with Crippen LogP contribution < -0.4 is 0 Å². The molecule has 2 aromatic carbocycles. The number of hydrogen-bond donors (Lipinski definition) is 0. The van der Waals surface area contributed by atoms with Crippen molar-refractivity contribution in [3.05, 3.63) is 70.8 Å². The fraction of sp³-hybridized carbons (Fsp3) is 0.294. The van der Waals surface area contributed by atoms with Crippen LogP contribution in [-0.2, 0) is 6.42 Å². The summed E-state index contributed by atoms with van der Waals surface area (Å²) in [6, 6.07) is 17.8. The second-order valence-corrected chi connectivity index (χ2v) is 5.06. The molecule has 0 heteroatoms. The Hall–Kier alpha value is -1.56. The maximum atomic E-state index is 2.25. The molecule has 0 atom stereocenters. The average molecular weight is 224 g/mol. The van der Waals surface area contributed by atoms with Crippen LogP contribution in [0.2, 0.25) is 0 Å². The van der Waals surface area contributed by atoms with Crippen molar-refractivity contribution in [1.29, 1.82) is 0 Å². The summed E-state index contributed by atoms with van der Waals surface area (Å²) in [5, 5.41) is 0. The first-order valence-corrected chi connectivity index (χ1v) is 6.29. The van der Waals surface area contributed by atoms with Gasteiger partial charge in [-0.3, -0.25) is 0 Å². The SMILES string of the molecule is Cc1ccc(Cc2ccc(C(C)C)cc2)cc1. The van der Waals surface area contributed by atoms with Crippen LogP contribution in [0.15, 0.2) is 48.5 Å². The Bertz CT molecular complexity index is 460. The fourth-order valence-electron chi connectivity index (χ4n) is 1.96. The summed E-state index contributed by atoms with van der Waals surface area (Å²) in [4.78, 5) is 0. The van der Waals surface area contributed by atoms with E-state index in [1.54, 1.807) is 0 Å². The van der Waals surface area contributed by atoms with E-state index in [-0.39, 0.29) is 0 Å². The second kappa shape index (κ2) is 5.18. The Balaban J connectivity index is 2.11.